The highest BCUT2D eigenvalue weighted by molar-refractivity contribution is 5.94. The van der Waals surface area contributed by atoms with E-state index in [1.54, 1.807) is 0 Å². The molecule has 1 amide bonds. The first-order valence-corrected chi connectivity index (χ1v) is 10.9. The largest absolute Gasteiger partial charge is 0.378 e. The Morgan fingerprint density at radius 1 is 1.07 bits per heavy atom. The van der Waals surface area contributed by atoms with Gasteiger partial charge in [0.1, 0.15) is 0 Å². The molecule has 29 heavy (non-hydrogen) atoms. The Kier molecular flexibility index (Phi) is 12.0. The van der Waals surface area contributed by atoms with E-state index in [4.69, 9.17) is 4.74 Å². The van der Waals surface area contributed by atoms with Crippen LogP contribution in [0.4, 0.5) is 0 Å². The smallest absolute Gasteiger partial charge is 0.251 e. The predicted molar refractivity (Wildman–Crippen MR) is 121 cm³/mol. The highest BCUT2D eigenvalue weighted by Crippen LogP contribution is 2.10. The molecule has 0 heterocycles. The number of carbonyl (C=O) groups excluding carboxylic acids is 1. The number of aliphatic imine (C=N–C) groups is 1. The summed E-state index contributed by atoms with van der Waals surface area (Å²) in [4.78, 5) is 16.8. The van der Waals surface area contributed by atoms with Crippen LogP contribution in [0.2, 0.25) is 0 Å². The molecule has 1 aromatic rings. The summed E-state index contributed by atoms with van der Waals surface area (Å²) in [6, 6.07) is 7.82. The maximum absolute atomic E-state index is 12.2. The lowest BCUT2D eigenvalue weighted by Crippen LogP contribution is -2.39. The SMILES string of the molecule is CCNC(=NCc1ccc(C(=O)NC(C)CC)cc1)NCCC(OCC)C(C)C. The molecule has 2 atom stereocenters. The summed E-state index contributed by atoms with van der Waals surface area (Å²) < 4.78 is 5.80. The number of hydrogen-bond donors (Lipinski definition) is 3. The van der Waals surface area contributed by atoms with E-state index in [0.717, 1.165) is 44.1 Å². The van der Waals surface area contributed by atoms with Gasteiger partial charge in [-0.25, -0.2) is 4.99 Å². The van der Waals surface area contributed by atoms with Crippen LogP contribution in [-0.4, -0.2) is 43.7 Å². The van der Waals surface area contributed by atoms with Crippen molar-refractivity contribution >= 4 is 11.9 Å². The van der Waals surface area contributed by atoms with Gasteiger partial charge in [-0.1, -0.05) is 32.9 Å². The van der Waals surface area contributed by atoms with Crippen LogP contribution in [0, 0.1) is 5.92 Å². The summed E-state index contributed by atoms with van der Waals surface area (Å²) in [5, 5.41) is 9.65. The van der Waals surface area contributed by atoms with Crippen LogP contribution < -0.4 is 16.0 Å². The Morgan fingerprint density at radius 2 is 1.76 bits per heavy atom. The third-order valence-electron chi connectivity index (χ3n) is 4.82. The van der Waals surface area contributed by atoms with E-state index in [-0.39, 0.29) is 18.1 Å². The number of nitrogens with zero attached hydrogens (tertiary/aromatic N) is 1. The molecule has 0 bridgehead atoms. The second-order valence-corrected chi connectivity index (χ2v) is 7.63. The zero-order chi connectivity index (χ0) is 21.6. The van der Waals surface area contributed by atoms with E-state index in [9.17, 15) is 4.79 Å². The number of carbonyl (C=O) groups is 1. The molecular weight excluding hydrogens is 364 g/mol. The minimum Gasteiger partial charge on any atom is -0.378 e. The second kappa shape index (κ2) is 14.0. The molecule has 6 heteroatoms. The summed E-state index contributed by atoms with van der Waals surface area (Å²) in [5.41, 5.74) is 1.75. The van der Waals surface area contributed by atoms with Gasteiger partial charge in [0.2, 0.25) is 0 Å². The maximum atomic E-state index is 12.2. The average molecular weight is 405 g/mol. The Balaban J connectivity index is 2.60. The van der Waals surface area contributed by atoms with Gasteiger partial charge >= 0.3 is 0 Å². The minimum atomic E-state index is -0.0292. The van der Waals surface area contributed by atoms with Crippen molar-refractivity contribution in [1.29, 1.82) is 0 Å². The molecule has 1 aromatic carbocycles. The van der Waals surface area contributed by atoms with E-state index < -0.39 is 0 Å². The molecule has 0 aromatic heterocycles. The average Bonchev–Trinajstić information content (AvgIpc) is 2.71. The van der Waals surface area contributed by atoms with Gasteiger partial charge in [-0.05, 0) is 57.2 Å². The monoisotopic (exact) mass is 404 g/mol. The van der Waals surface area contributed by atoms with Crippen molar-refractivity contribution in [3.8, 4) is 0 Å². The highest BCUT2D eigenvalue weighted by Gasteiger charge is 2.13. The van der Waals surface area contributed by atoms with Gasteiger partial charge in [-0.15, -0.1) is 0 Å². The van der Waals surface area contributed by atoms with E-state index >= 15 is 0 Å². The third-order valence-corrected chi connectivity index (χ3v) is 4.82. The van der Waals surface area contributed by atoms with Crippen molar-refractivity contribution in [3.05, 3.63) is 35.4 Å². The Morgan fingerprint density at radius 3 is 2.31 bits per heavy atom. The fraction of sp³-hybridized carbons (Fsp3) is 0.652. The molecule has 3 N–H and O–H groups in total. The van der Waals surface area contributed by atoms with Crippen molar-refractivity contribution in [3.63, 3.8) is 0 Å². The topological polar surface area (TPSA) is 74.8 Å². The predicted octanol–water partition coefficient (Wildman–Crippen LogP) is 3.72. The Hall–Kier alpha value is -2.08. The molecule has 0 radical (unpaired) electrons. The molecule has 0 aliphatic rings. The van der Waals surface area contributed by atoms with Gasteiger partial charge in [-0.3, -0.25) is 4.79 Å². The molecule has 0 saturated heterocycles. The molecule has 0 aliphatic heterocycles. The molecule has 0 spiro atoms. The van der Waals surface area contributed by atoms with Crippen LogP contribution in [-0.2, 0) is 11.3 Å². The van der Waals surface area contributed by atoms with E-state index in [1.165, 1.54) is 0 Å². The third kappa shape index (κ3) is 9.79. The first kappa shape index (κ1) is 25.0. The summed E-state index contributed by atoms with van der Waals surface area (Å²) in [6.07, 6.45) is 2.11. The van der Waals surface area contributed by atoms with Gasteiger partial charge in [0, 0.05) is 31.3 Å². The summed E-state index contributed by atoms with van der Waals surface area (Å²) in [7, 11) is 0. The van der Waals surface area contributed by atoms with Crippen molar-refractivity contribution in [2.24, 2.45) is 10.9 Å². The zero-order valence-electron chi connectivity index (χ0n) is 19.0. The lowest BCUT2D eigenvalue weighted by molar-refractivity contribution is 0.0258. The molecular formula is C23H40N4O2. The van der Waals surface area contributed by atoms with E-state index in [2.05, 4.69) is 48.6 Å². The fourth-order valence-corrected chi connectivity index (χ4v) is 2.84. The van der Waals surface area contributed by atoms with Crippen LogP contribution in [0.5, 0.6) is 0 Å². The van der Waals surface area contributed by atoms with Crippen molar-refractivity contribution < 1.29 is 9.53 Å². The van der Waals surface area contributed by atoms with Crippen LogP contribution in [0.25, 0.3) is 0 Å². The van der Waals surface area contributed by atoms with Crippen LogP contribution >= 0.6 is 0 Å². The maximum Gasteiger partial charge on any atom is 0.251 e. The number of amides is 1. The number of guanidine groups is 1. The quantitative estimate of drug-likeness (QED) is 0.367. The van der Waals surface area contributed by atoms with Gasteiger partial charge in [0.25, 0.3) is 5.91 Å². The van der Waals surface area contributed by atoms with Gasteiger partial charge in [-0.2, -0.15) is 0 Å². The van der Waals surface area contributed by atoms with Gasteiger partial charge < -0.3 is 20.7 Å². The lowest BCUT2D eigenvalue weighted by atomic mass is 10.0. The molecule has 6 nitrogen and oxygen atoms in total. The Bertz CT molecular complexity index is 614. The van der Waals surface area contributed by atoms with Crippen LogP contribution in [0.3, 0.4) is 0 Å². The van der Waals surface area contributed by atoms with E-state index in [1.807, 2.05) is 38.1 Å². The summed E-state index contributed by atoms with van der Waals surface area (Å²) >= 11 is 0. The lowest BCUT2D eigenvalue weighted by Gasteiger charge is -2.21. The molecule has 0 saturated carbocycles. The van der Waals surface area contributed by atoms with Crippen molar-refractivity contribution in [1.82, 2.24) is 16.0 Å². The summed E-state index contributed by atoms with van der Waals surface area (Å²) in [5.74, 6) is 1.26. The number of benzene rings is 1. The Labute approximate surface area is 176 Å². The normalized spacial score (nSPS) is 13.8. The first-order valence-electron chi connectivity index (χ1n) is 10.9. The number of ether oxygens (including phenoxy) is 1. The summed E-state index contributed by atoms with van der Waals surface area (Å²) in [6.45, 7) is 15.4. The molecule has 2 unspecified atom stereocenters. The number of hydrogen-bond acceptors (Lipinski definition) is 3. The second-order valence-electron chi connectivity index (χ2n) is 7.63. The minimum absolute atomic E-state index is 0.0292. The molecule has 164 valence electrons. The van der Waals surface area contributed by atoms with E-state index in [0.29, 0.717) is 18.0 Å². The molecule has 0 aliphatic carbocycles. The van der Waals surface area contributed by atoms with Crippen molar-refractivity contribution in [2.75, 3.05) is 19.7 Å². The highest BCUT2D eigenvalue weighted by atomic mass is 16.5. The standard InChI is InChI=1S/C23H40N4O2/c1-7-18(6)27-22(28)20-12-10-19(11-13-20)16-26-23(24-8-2)25-15-14-21(17(4)5)29-9-3/h10-13,17-18,21H,7-9,14-16H2,1-6H3,(H,27,28)(H2,24,25,26). The van der Waals surface area contributed by atoms with Crippen LogP contribution in [0.15, 0.2) is 29.3 Å². The van der Waals surface area contributed by atoms with Gasteiger partial charge in [0.15, 0.2) is 5.96 Å². The van der Waals surface area contributed by atoms with Crippen LogP contribution in [0.1, 0.15) is 70.3 Å². The number of rotatable bonds is 12. The fourth-order valence-electron chi connectivity index (χ4n) is 2.84. The molecule has 1 rings (SSSR count). The molecule has 0 fully saturated rings. The number of nitrogens with one attached hydrogen (secondary N) is 3. The van der Waals surface area contributed by atoms with Gasteiger partial charge in [0.05, 0.1) is 12.6 Å². The first-order chi connectivity index (χ1) is 13.9. The zero-order valence-corrected chi connectivity index (χ0v) is 19.0. The van der Waals surface area contributed by atoms with Crippen molar-refractivity contribution in [2.45, 2.75) is 73.1 Å².